The van der Waals surface area contributed by atoms with E-state index in [0.29, 0.717) is 12.3 Å². The van der Waals surface area contributed by atoms with Crippen LogP contribution in [-0.2, 0) is 14.3 Å². The first-order valence-electron chi connectivity index (χ1n) is 3.59. The summed E-state index contributed by atoms with van der Waals surface area (Å²) in [4.78, 5) is 21.9. The molecular formula is C7H12INO3S. The van der Waals surface area contributed by atoms with Gasteiger partial charge in [-0.25, -0.2) is 0 Å². The zero-order valence-corrected chi connectivity index (χ0v) is 10.5. The average Bonchev–Trinajstić information content (AvgIpc) is 2.13. The molecule has 0 heterocycles. The summed E-state index contributed by atoms with van der Waals surface area (Å²) in [6.07, 6.45) is 1.85. The van der Waals surface area contributed by atoms with Crippen molar-refractivity contribution in [2.75, 3.05) is 25.7 Å². The maximum atomic E-state index is 11.0. The Kier molecular flexibility index (Phi) is 7.44. The predicted molar refractivity (Wildman–Crippen MR) is 61.2 cm³/mol. The van der Waals surface area contributed by atoms with Crippen LogP contribution in [0.2, 0.25) is 0 Å². The molecule has 1 N–H and O–H groups in total. The Labute approximate surface area is 95.3 Å². The normalized spacial score (nSPS) is 11.9. The summed E-state index contributed by atoms with van der Waals surface area (Å²) in [6, 6.07) is 0. The van der Waals surface area contributed by atoms with Gasteiger partial charge in [0, 0.05) is 6.54 Å². The maximum absolute atomic E-state index is 11.0. The van der Waals surface area contributed by atoms with Crippen LogP contribution in [0, 0.1) is 0 Å². The Balaban J connectivity index is 3.63. The van der Waals surface area contributed by atoms with Crippen LogP contribution >= 0.6 is 34.4 Å². The van der Waals surface area contributed by atoms with Gasteiger partial charge in [0.2, 0.25) is 5.91 Å². The topological polar surface area (TPSA) is 55.4 Å². The van der Waals surface area contributed by atoms with Crippen molar-refractivity contribution in [3.05, 3.63) is 0 Å². The minimum Gasteiger partial charge on any atom is -0.468 e. The van der Waals surface area contributed by atoms with E-state index in [1.165, 1.54) is 18.9 Å². The molecule has 0 aliphatic heterocycles. The van der Waals surface area contributed by atoms with Gasteiger partial charge in [-0.15, -0.1) is 0 Å². The molecule has 6 heteroatoms. The fourth-order valence-corrected chi connectivity index (χ4v) is 1.44. The largest absolute Gasteiger partial charge is 0.468 e. The predicted octanol–water partition coefficient (Wildman–Crippen LogP) is 0.442. The fourth-order valence-electron chi connectivity index (χ4n) is 0.597. The minimum atomic E-state index is -0.315. The number of halogens is 1. The van der Waals surface area contributed by atoms with Crippen LogP contribution in [-0.4, -0.2) is 41.5 Å². The van der Waals surface area contributed by atoms with Crippen LogP contribution in [0.3, 0.4) is 0 Å². The Morgan fingerprint density at radius 2 is 2.23 bits per heavy atom. The highest BCUT2D eigenvalue weighted by molar-refractivity contribution is 14.1. The van der Waals surface area contributed by atoms with Crippen molar-refractivity contribution >= 4 is 46.2 Å². The third kappa shape index (κ3) is 6.14. The molecule has 0 aromatic carbocycles. The van der Waals surface area contributed by atoms with Gasteiger partial charge < -0.3 is 10.1 Å². The number of ether oxygens (including phenoxy) is 1. The van der Waals surface area contributed by atoms with E-state index in [-0.39, 0.29) is 15.8 Å². The Morgan fingerprint density at radius 3 is 2.69 bits per heavy atom. The van der Waals surface area contributed by atoms with Crippen molar-refractivity contribution in [3.63, 3.8) is 0 Å². The second-order valence-electron chi connectivity index (χ2n) is 2.23. The number of thioether (sulfide) groups is 1. The number of carbonyl (C=O) groups is 2. The number of methoxy groups -OCH3 is 1. The van der Waals surface area contributed by atoms with Gasteiger partial charge >= 0.3 is 5.97 Å². The second kappa shape index (κ2) is 7.43. The number of nitrogens with one attached hydrogen (secondary N) is 1. The maximum Gasteiger partial charge on any atom is 0.320 e. The van der Waals surface area contributed by atoms with Crippen molar-refractivity contribution in [3.8, 4) is 0 Å². The highest BCUT2D eigenvalue weighted by Gasteiger charge is 2.15. The minimum absolute atomic E-state index is 0.0573. The molecule has 0 aliphatic rings. The monoisotopic (exact) mass is 317 g/mol. The molecule has 0 bridgehead atoms. The summed E-state index contributed by atoms with van der Waals surface area (Å²) in [5.74, 6) is 0.0491. The molecule has 1 atom stereocenters. The lowest BCUT2D eigenvalue weighted by Crippen LogP contribution is -2.34. The first-order valence-corrected chi connectivity index (χ1v) is 6.23. The highest BCUT2D eigenvalue weighted by atomic mass is 127. The van der Waals surface area contributed by atoms with Gasteiger partial charge in [-0.05, 0) is 6.26 Å². The lowest BCUT2D eigenvalue weighted by atomic mass is 10.4. The number of esters is 1. The molecule has 4 nitrogen and oxygen atoms in total. The smallest absolute Gasteiger partial charge is 0.320 e. The molecule has 0 rings (SSSR count). The van der Waals surface area contributed by atoms with Gasteiger partial charge in [0.1, 0.15) is 3.92 Å². The van der Waals surface area contributed by atoms with Crippen LogP contribution in [0.5, 0.6) is 0 Å². The molecular weight excluding hydrogens is 305 g/mol. The van der Waals surface area contributed by atoms with E-state index in [2.05, 4.69) is 10.1 Å². The van der Waals surface area contributed by atoms with Crippen LogP contribution in [0.15, 0.2) is 0 Å². The van der Waals surface area contributed by atoms with E-state index >= 15 is 0 Å². The third-order valence-corrected chi connectivity index (χ3v) is 2.71. The van der Waals surface area contributed by atoms with Crippen molar-refractivity contribution in [1.29, 1.82) is 0 Å². The molecule has 0 saturated heterocycles. The summed E-state index contributed by atoms with van der Waals surface area (Å²) in [7, 11) is 1.33. The quantitative estimate of drug-likeness (QED) is 0.454. The van der Waals surface area contributed by atoms with E-state index in [1.807, 2.05) is 28.8 Å². The lowest BCUT2D eigenvalue weighted by Gasteiger charge is -2.08. The Hall–Kier alpha value is 0.0200. The Bertz CT molecular complexity index is 189. The van der Waals surface area contributed by atoms with Crippen molar-refractivity contribution in [1.82, 2.24) is 5.32 Å². The fraction of sp³-hybridized carbons (Fsp3) is 0.714. The van der Waals surface area contributed by atoms with E-state index in [1.54, 1.807) is 0 Å². The number of carbonyl (C=O) groups excluding carboxylic acids is 2. The second-order valence-corrected chi connectivity index (χ2v) is 4.60. The zero-order chi connectivity index (χ0) is 10.3. The van der Waals surface area contributed by atoms with Gasteiger partial charge in [0.05, 0.1) is 12.9 Å². The molecule has 0 aromatic rings. The zero-order valence-electron chi connectivity index (χ0n) is 7.50. The van der Waals surface area contributed by atoms with Crippen molar-refractivity contribution < 1.29 is 14.3 Å². The standard InChI is InChI=1S/C7H12INO3S/c1-12-7(11)5(8)3-9-6(10)4-13-2/h5H,3-4H2,1-2H3,(H,9,10). The summed E-state index contributed by atoms with van der Waals surface area (Å²) < 4.78 is 4.19. The molecule has 0 radical (unpaired) electrons. The van der Waals surface area contributed by atoms with Gasteiger partial charge in [-0.2, -0.15) is 11.8 Å². The summed E-state index contributed by atoms with van der Waals surface area (Å²) in [5, 5.41) is 2.63. The first kappa shape index (κ1) is 13.0. The number of hydrogen-bond donors (Lipinski definition) is 1. The SMILES string of the molecule is COC(=O)C(I)CNC(=O)CSC. The molecule has 1 unspecified atom stereocenters. The van der Waals surface area contributed by atoms with Crippen molar-refractivity contribution in [2.45, 2.75) is 3.92 Å². The van der Waals surface area contributed by atoms with Crippen molar-refractivity contribution in [2.24, 2.45) is 0 Å². The molecule has 76 valence electrons. The molecule has 1 amide bonds. The van der Waals surface area contributed by atoms with Crippen LogP contribution in [0.25, 0.3) is 0 Å². The highest BCUT2D eigenvalue weighted by Crippen LogP contribution is 2.01. The number of amides is 1. The lowest BCUT2D eigenvalue weighted by molar-refractivity contribution is -0.139. The number of alkyl halides is 1. The van der Waals surface area contributed by atoms with Gasteiger partial charge in [-0.1, -0.05) is 22.6 Å². The number of rotatable bonds is 5. The summed E-state index contributed by atoms with van der Waals surface area (Å²) in [5.41, 5.74) is 0. The van der Waals surface area contributed by atoms with E-state index in [0.717, 1.165) is 0 Å². The molecule has 0 fully saturated rings. The molecule has 13 heavy (non-hydrogen) atoms. The van der Waals surface area contributed by atoms with Crippen LogP contribution in [0.4, 0.5) is 0 Å². The molecule has 0 spiro atoms. The summed E-state index contributed by atoms with van der Waals surface area (Å²) >= 11 is 3.38. The van der Waals surface area contributed by atoms with Gasteiger partial charge in [0.25, 0.3) is 0 Å². The molecule has 0 aromatic heterocycles. The van der Waals surface area contributed by atoms with Gasteiger partial charge in [-0.3, -0.25) is 9.59 Å². The third-order valence-electron chi connectivity index (χ3n) is 1.21. The average molecular weight is 317 g/mol. The van der Waals surface area contributed by atoms with Crippen LogP contribution < -0.4 is 5.32 Å². The van der Waals surface area contributed by atoms with E-state index < -0.39 is 0 Å². The number of hydrogen-bond acceptors (Lipinski definition) is 4. The van der Waals surface area contributed by atoms with Gasteiger partial charge in [0.15, 0.2) is 0 Å². The van der Waals surface area contributed by atoms with Crippen LogP contribution in [0.1, 0.15) is 0 Å². The Morgan fingerprint density at radius 1 is 1.62 bits per heavy atom. The molecule has 0 aliphatic carbocycles. The molecule has 0 saturated carbocycles. The van der Waals surface area contributed by atoms with E-state index in [9.17, 15) is 9.59 Å². The first-order chi connectivity index (χ1) is 6.11. The van der Waals surface area contributed by atoms with E-state index in [4.69, 9.17) is 0 Å². The summed E-state index contributed by atoms with van der Waals surface area (Å²) in [6.45, 7) is 0.326.